The van der Waals surface area contributed by atoms with Gasteiger partial charge >= 0.3 is 11.8 Å². The van der Waals surface area contributed by atoms with Crippen LogP contribution >= 0.6 is 0 Å². The number of hydrogen-bond acceptors (Lipinski definition) is 7. The maximum atomic E-state index is 12.4. The van der Waals surface area contributed by atoms with Crippen molar-refractivity contribution in [3.05, 3.63) is 45.9 Å². The summed E-state index contributed by atoms with van der Waals surface area (Å²) < 4.78 is 11.7. The number of imidazole rings is 1. The van der Waals surface area contributed by atoms with E-state index in [0.717, 1.165) is 6.20 Å². The molecule has 1 aromatic carbocycles. The van der Waals surface area contributed by atoms with Crippen molar-refractivity contribution in [1.29, 1.82) is 0 Å². The second kappa shape index (κ2) is 8.84. The number of aromatic nitrogens is 2. The van der Waals surface area contributed by atoms with E-state index in [1.165, 1.54) is 25.7 Å². The number of rotatable bonds is 9. The minimum Gasteiger partial charge on any atom is -0.497 e. The maximum Gasteiger partial charge on any atom is 0.381 e. The highest BCUT2D eigenvalue weighted by molar-refractivity contribution is 5.78. The van der Waals surface area contributed by atoms with Crippen molar-refractivity contribution in [1.82, 2.24) is 14.9 Å². The highest BCUT2D eigenvalue weighted by Gasteiger charge is 2.23. The average molecular weight is 392 g/mol. The summed E-state index contributed by atoms with van der Waals surface area (Å²) in [5.74, 6) is -0.845. The molecule has 1 heterocycles. The number of carbonyl (C=O) groups is 2. The summed E-state index contributed by atoms with van der Waals surface area (Å²) in [5.41, 5.74) is 0.465. The van der Waals surface area contributed by atoms with E-state index >= 15 is 0 Å². The lowest BCUT2D eigenvalue weighted by Crippen LogP contribution is -2.33. The maximum absolute atomic E-state index is 12.4. The summed E-state index contributed by atoms with van der Waals surface area (Å²) in [6.45, 7) is 1.28. The SMILES string of the molecule is COc1ccc(C(CC(=O)O)NC(=O)Cn2cc([N+](=O)[O-])nc2C)c(OC)c1. The number of methoxy groups -OCH3 is 2. The molecule has 1 atom stereocenters. The minimum absolute atomic E-state index is 0.249. The van der Waals surface area contributed by atoms with Crippen LogP contribution in [0.3, 0.4) is 0 Å². The van der Waals surface area contributed by atoms with Crippen molar-refractivity contribution in [2.45, 2.75) is 25.9 Å². The first-order valence-electron chi connectivity index (χ1n) is 8.16. The van der Waals surface area contributed by atoms with Gasteiger partial charge in [-0.25, -0.2) is 0 Å². The van der Waals surface area contributed by atoms with Gasteiger partial charge in [0.15, 0.2) is 0 Å². The Morgan fingerprint density at radius 1 is 1.36 bits per heavy atom. The lowest BCUT2D eigenvalue weighted by Gasteiger charge is -2.20. The second-order valence-electron chi connectivity index (χ2n) is 5.86. The molecule has 1 unspecified atom stereocenters. The van der Waals surface area contributed by atoms with Gasteiger partial charge in [-0.15, -0.1) is 0 Å². The Kier molecular flexibility index (Phi) is 6.53. The fourth-order valence-corrected chi connectivity index (χ4v) is 2.65. The first kappa shape index (κ1) is 20.7. The fourth-order valence-electron chi connectivity index (χ4n) is 2.65. The Bertz CT molecular complexity index is 894. The van der Waals surface area contributed by atoms with Crippen LogP contribution in [0.2, 0.25) is 0 Å². The zero-order valence-corrected chi connectivity index (χ0v) is 15.5. The van der Waals surface area contributed by atoms with Gasteiger partial charge in [0.05, 0.1) is 26.7 Å². The number of carboxylic acids is 1. The monoisotopic (exact) mass is 392 g/mol. The van der Waals surface area contributed by atoms with Gasteiger partial charge in [-0.2, -0.15) is 0 Å². The first-order chi connectivity index (χ1) is 13.2. The standard InChI is InChI=1S/C17H20N4O7/c1-10-18-15(21(25)26)8-20(10)9-16(22)19-13(7-17(23)24)12-5-4-11(27-2)6-14(12)28-3/h4-6,8,13H,7,9H2,1-3H3,(H,19,22)(H,23,24). The molecule has 2 aromatic rings. The molecule has 11 nitrogen and oxygen atoms in total. The van der Waals surface area contributed by atoms with Crippen LogP contribution in [-0.2, 0) is 16.1 Å². The van der Waals surface area contributed by atoms with E-state index in [1.807, 2.05) is 0 Å². The van der Waals surface area contributed by atoms with Crippen LogP contribution in [0.1, 0.15) is 23.9 Å². The van der Waals surface area contributed by atoms with E-state index in [2.05, 4.69) is 10.3 Å². The predicted molar refractivity (Wildman–Crippen MR) is 96.3 cm³/mol. The van der Waals surface area contributed by atoms with E-state index in [4.69, 9.17) is 9.47 Å². The molecule has 0 aliphatic carbocycles. The molecule has 0 spiro atoms. The molecule has 28 heavy (non-hydrogen) atoms. The van der Waals surface area contributed by atoms with Gasteiger partial charge in [0.1, 0.15) is 24.2 Å². The zero-order valence-electron chi connectivity index (χ0n) is 15.5. The number of hydrogen-bond donors (Lipinski definition) is 2. The molecular formula is C17H20N4O7. The topological polar surface area (TPSA) is 146 Å². The molecule has 0 aliphatic heterocycles. The third kappa shape index (κ3) is 4.96. The van der Waals surface area contributed by atoms with Crippen molar-refractivity contribution >= 4 is 17.7 Å². The average Bonchev–Trinajstić information content (AvgIpc) is 3.01. The third-order valence-electron chi connectivity index (χ3n) is 3.99. The summed E-state index contributed by atoms with van der Waals surface area (Å²) in [6.07, 6.45) is 0.770. The molecule has 1 aromatic heterocycles. The number of amides is 1. The van der Waals surface area contributed by atoms with E-state index in [-0.39, 0.29) is 18.8 Å². The Morgan fingerprint density at radius 2 is 2.07 bits per heavy atom. The van der Waals surface area contributed by atoms with Crippen LogP contribution in [-0.4, -0.2) is 45.7 Å². The van der Waals surface area contributed by atoms with Crippen LogP contribution in [0.5, 0.6) is 11.5 Å². The molecule has 0 saturated heterocycles. The summed E-state index contributed by atoms with van der Waals surface area (Å²) in [4.78, 5) is 37.6. The van der Waals surface area contributed by atoms with Gasteiger partial charge < -0.3 is 30.0 Å². The molecule has 0 radical (unpaired) electrons. The highest BCUT2D eigenvalue weighted by atomic mass is 16.6. The van der Waals surface area contributed by atoms with Crippen molar-refractivity contribution in [3.8, 4) is 11.5 Å². The quantitative estimate of drug-likeness (QED) is 0.481. The van der Waals surface area contributed by atoms with Crippen LogP contribution in [0, 0.1) is 17.0 Å². The molecule has 1 amide bonds. The lowest BCUT2D eigenvalue weighted by molar-refractivity contribution is -0.389. The number of nitro groups is 1. The van der Waals surface area contributed by atoms with Gasteiger partial charge in [-0.3, -0.25) is 14.2 Å². The molecular weight excluding hydrogens is 372 g/mol. The lowest BCUT2D eigenvalue weighted by atomic mass is 10.0. The number of benzene rings is 1. The highest BCUT2D eigenvalue weighted by Crippen LogP contribution is 2.31. The Hall–Kier alpha value is -3.63. The normalized spacial score (nSPS) is 11.5. The van der Waals surface area contributed by atoms with Gasteiger partial charge in [0.25, 0.3) is 0 Å². The van der Waals surface area contributed by atoms with E-state index < -0.39 is 22.8 Å². The van der Waals surface area contributed by atoms with Crippen molar-refractivity contribution in [2.24, 2.45) is 0 Å². The number of nitrogens with one attached hydrogen (secondary N) is 1. The van der Waals surface area contributed by atoms with Crippen molar-refractivity contribution in [3.63, 3.8) is 0 Å². The van der Waals surface area contributed by atoms with Crippen molar-refractivity contribution in [2.75, 3.05) is 14.2 Å². The number of nitrogens with zero attached hydrogens (tertiary/aromatic N) is 3. The van der Waals surface area contributed by atoms with Gasteiger partial charge in [0, 0.05) is 18.6 Å². The molecule has 0 fully saturated rings. The summed E-state index contributed by atoms with van der Waals surface area (Å²) in [5, 5.41) is 22.6. The number of aryl methyl sites for hydroxylation is 1. The molecule has 2 N–H and O–H groups in total. The summed E-state index contributed by atoms with van der Waals surface area (Å²) in [7, 11) is 2.91. The summed E-state index contributed by atoms with van der Waals surface area (Å²) in [6, 6.07) is 3.95. The molecule has 2 rings (SSSR count). The summed E-state index contributed by atoms with van der Waals surface area (Å²) >= 11 is 0. The van der Waals surface area contributed by atoms with Crippen LogP contribution in [0.25, 0.3) is 0 Å². The Balaban J connectivity index is 2.24. The smallest absolute Gasteiger partial charge is 0.381 e. The van der Waals surface area contributed by atoms with Gasteiger partial charge in [-0.05, 0) is 22.0 Å². The van der Waals surface area contributed by atoms with Gasteiger partial charge in [0.2, 0.25) is 11.7 Å². The molecule has 11 heteroatoms. The first-order valence-corrected chi connectivity index (χ1v) is 8.16. The van der Waals surface area contributed by atoms with E-state index in [9.17, 15) is 24.8 Å². The van der Waals surface area contributed by atoms with Crippen LogP contribution in [0.4, 0.5) is 5.82 Å². The molecule has 150 valence electrons. The molecule has 0 aliphatic rings. The Labute approximate surface area is 160 Å². The number of ether oxygens (including phenoxy) is 2. The molecule has 0 saturated carbocycles. The second-order valence-corrected chi connectivity index (χ2v) is 5.86. The Morgan fingerprint density at radius 3 is 2.61 bits per heavy atom. The predicted octanol–water partition coefficient (Wildman–Crippen LogP) is 1.45. The van der Waals surface area contributed by atoms with Crippen LogP contribution in [0.15, 0.2) is 24.4 Å². The number of carbonyl (C=O) groups excluding carboxylic acids is 1. The molecule has 0 bridgehead atoms. The van der Waals surface area contributed by atoms with Gasteiger partial charge in [-0.1, -0.05) is 0 Å². The van der Waals surface area contributed by atoms with E-state index in [1.54, 1.807) is 18.2 Å². The van der Waals surface area contributed by atoms with Crippen molar-refractivity contribution < 1.29 is 29.1 Å². The van der Waals surface area contributed by atoms with Crippen LogP contribution < -0.4 is 14.8 Å². The largest absolute Gasteiger partial charge is 0.497 e. The minimum atomic E-state index is -1.11. The fraction of sp³-hybridized carbons (Fsp3) is 0.353. The third-order valence-corrected chi connectivity index (χ3v) is 3.99. The number of aliphatic carboxylic acids is 1. The number of carboxylic acid groups (broad SMARTS) is 1. The van der Waals surface area contributed by atoms with E-state index in [0.29, 0.717) is 22.9 Å². The zero-order chi connectivity index (χ0) is 20.8.